The number of aliphatic hydroxyl groups is 1. The minimum absolute atomic E-state index is 0.444. The van der Waals surface area contributed by atoms with Gasteiger partial charge in [0.05, 0.1) is 6.61 Å². The molecule has 1 aliphatic heterocycles. The van der Waals surface area contributed by atoms with E-state index in [9.17, 15) is 47.5 Å². The van der Waals surface area contributed by atoms with Crippen LogP contribution in [0.5, 0.6) is 0 Å². The number of rotatable bonds is 8. The van der Waals surface area contributed by atoms with Gasteiger partial charge in [0.25, 0.3) is 26.3 Å². The smallest absolute Gasteiger partial charge is 0.478 e. The number of H-pyrrole nitrogens is 1. The van der Waals surface area contributed by atoms with Crippen molar-refractivity contribution in [2.45, 2.75) is 23.6 Å². The average molecular weight is 519 g/mol. The van der Waals surface area contributed by atoms with Crippen LogP contribution < -0.4 is 21.0 Å². The van der Waals surface area contributed by atoms with E-state index in [4.69, 9.17) is 21.2 Å². The van der Waals surface area contributed by atoms with Crippen molar-refractivity contribution >= 4 is 35.1 Å². The monoisotopic (exact) mass is 518 g/mol. The van der Waals surface area contributed by atoms with Crippen LogP contribution in [0.25, 0.3) is 0 Å². The number of hydrogen-bond acceptors (Lipinski definition) is 12. The van der Waals surface area contributed by atoms with E-state index >= 15 is 0 Å². The molecule has 0 aromatic carbocycles. The van der Waals surface area contributed by atoms with Crippen LogP contribution in [0.1, 0.15) is 6.23 Å². The summed E-state index contributed by atoms with van der Waals surface area (Å²) in [5.41, 5.74) is -2.03. The third-order valence-electron chi connectivity index (χ3n) is 3.29. The van der Waals surface area contributed by atoms with E-state index in [0.29, 0.717) is 4.57 Å². The van der Waals surface area contributed by atoms with Crippen LogP contribution in [0.2, 0.25) is 0 Å². The molecule has 4 N–H and O–H groups in total. The number of alkyl halides is 2. The molecular weight excluding hydrogens is 507 g/mol. The van der Waals surface area contributed by atoms with Crippen molar-refractivity contribution in [2.75, 3.05) is 6.61 Å². The number of hydrogen-bond donors (Lipinski definition) is 4. The van der Waals surface area contributed by atoms with Crippen molar-refractivity contribution in [3.8, 4) is 0 Å². The summed E-state index contributed by atoms with van der Waals surface area (Å²) in [5, 5.41) is 6.69. The molecule has 2 rings (SSSR count). The molecule has 1 aromatic heterocycles. The lowest BCUT2D eigenvalue weighted by molar-refractivity contribution is -0.236. The summed E-state index contributed by atoms with van der Waals surface area (Å²) >= 11 is 5.53. The van der Waals surface area contributed by atoms with Crippen molar-refractivity contribution in [1.82, 2.24) is 9.55 Å². The van der Waals surface area contributed by atoms with Gasteiger partial charge >= 0.3 is 13.5 Å². The molecule has 2 heterocycles. The van der Waals surface area contributed by atoms with E-state index in [1.807, 2.05) is 0 Å². The van der Waals surface area contributed by atoms with Gasteiger partial charge in [0.1, 0.15) is 12.2 Å². The van der Waals surface area contributed by atoms with Crippen LogP contribution in [0.3, 0.4) is 0 Å². The molecule has 0 aliphatic carbocycles. The van der Waals surface area contributed by atoms with Gasteiger partial charge in [-0.2, -0.15) is 0 Å². The highest BCUT2D eigenvalue weighted by molar-refractivity contribution is 7.65. The highest BCUT2D eigenvalue weighted by Gasteiger charge is 2.58. The normalized spacial score (nSPS) is 32.8. The maximum atomic E-state index is 14.7. The summed E-state index contributed by atoms with van der Waals surface area (Å²) in [6, 6.07) is 0.797. The fourth-order valence-corrected chi connectivity index (χ4v) is 5.41. The van der Waals surface area contributed by atoms with Gasteiger partial charge in [0.2, 0.25) is 0 Å². The molecule has 1 saturated heterocycles. The Morgan fingerprint density at radius 1 is 1.30 bits per heavy atom. The number of aliphatic hydroxyl groups excluding tert-OH is 1. The third kappa shape index (κ3) is 6.37. The molecular formula is C9H11ClFN2O14P3-2. The Morgan fingerprint density at radius 2 is 1.90 bits per heavy atom. The zero-order valence-electron chi connectivity index (χ0n) is 14.0. The Morgan fingerprint density at radius 3 is 2.43 bits per heavy atom. The maximum Gasteiger partial charge on any atom is 0.478 e. The quantitative estimate of drug-likeness (QED) is 0.210. The van der Waals surface area contributed by atoms with Gasteiger partial charge in [-0.15, -0.1) is 0 Å². The summed E-state index contributed by atoms with van der Waals surface area (Å²) in [5.74, 6) is 0. The molecule has 0 radical (unpaired) electrons. The van der Waals surface area contributed by atoms with Gasteiger partial charge in [-0.1, -0.05) is 11.6 Å². The first kappa shape index (κ1) is 25.5. The van der Waals surface area contributed by atoms with Crippen molar-refractivity contribution < 1.29 is 60.6 Å². The standard InChI is InChI=1S/C9H13ClFN2O14P3/c10-9(11)6(15)4(25-7(9)13-2-1-5(14)12-8(13)16)3-24-29(20,21)27-30(22,23)26-28(17,18)19/h1-2,4,6-7,15H,3H2,(H,20,21)(H,22,23)(H,12,14,16)(H2,17,18,19)/p-2/t4-,6-,7-,9+/m1/s1. The van der Waals surface area contributed by atoms with Gasteiger partial charge in [0, 0.05) is 12.3 Å². The summed E-state index contributed by atoms with van der Waals surface area (Å²) in [7, 11) is -17.7. The fraction of sp³-hybridized carbons (Fsp3) is 0.556. The molecule has 0 saturated carbocycles. The van der Waals surface area contributed by atoms with Gasteiger partial charge in [0.15, 0.2) is 6.23 Å². The molecule has 30 heavy (non-hydrogen) atoms. The SMILES string of the molecule is O=c1ccn([C@@H]2O[C@H](COP(=O)(O)OP(=O)([O-])OP(=O)([O-])O)[C@@H](O)[C@@]2(F)Cl)c(=O)[nH]1. The number of nitrogens with zero attached hydrogens (tertiary/aromatic N) is 1. The van der Waals surface area contributed by atoms with Crippen LogP contribution in [0.15, 0.2) is 21.9 Å². The lowest BCUT2D eigenvalue weighted by atomic mass is 10.1. The first-order valence-corrected chi connectivity index (χ1v) is 12.0. The first-order valence-electron chi connectivity index (χ1n) is 7.21. The molecule has 0 spiro atoms. The summed E-state index contributed by atoms with van der Waals surface area (Å²) in [6.07, 6.45) is -5.51. The Hall–Kier alpha value is -0.770. The molecule has 1 fully saturated rings. The van der Waals surface area contributed by atoms with E-state index in [0.717, 1.165) is 12.3 Å². The summed E-state index contributed by atoms with van der Waals surface area (Å²) in [6.45, 7) is -1.27. The van der Waals surface area contributed by atoms with Gasteiger partial charge in [-0.3, -0.25) is 28.0 Å². The predicted octanol–water partition coefficient (Wildman–Crippen LogP) is -2.22. The van der Waals surface area contributed by atoms with Crippen LogP contribution in [0, 0.1) is 0 Å². The number of nitrogens with one attached hydrogen (secondary N) is 1. The summed E-state index contributed by atoms with van der Waals surface area (Å²) in [4.78, 5) is 63.7. The van der Waals surface area contributed by atoms with Crippen molar-refractivity contribution in [2.24, 2.45) is 0 Å². The molecule has 1 aromatic rings. The highest BCUT2D eigenvalue weighted by atomic mass is 35.5. The van der Waals surface area contributed by atoms with Crippen LogP contribution >= 0.6 is 35.1 Å². The third-order valence-corrected chi connectivity index (χ3v) is 7.43. The van der Waals surface area contributed by atoms with Gasteiger partial charge in [-0.05, 0) is 0 Å². The van der Waals surface area contributed by atoms with E-state index in [2.05, 4.69) is 13.1 Å². The molecule has 21 heteroatoms. The van der Waals surface area contributed by atoms with Gasteiger partial charge in [-0.25, -0.2) is 22.4 Å². The largest absolute Gasteiger partial charge is 0.756 e. The second kappa shape index (κ2) is 8.64. The molecule has 172 valence electrons. The zero-order chi connectivity index (χ0) is 23.1. The minimum atomic E-state index is -6.11. The van der Waals surface area contributed by atoms with Crippen molar-refractivity contribution in [3.05, 3.63) is 33.1 Å². The number of halogens is 2. The number of phosphoric ester groups is 1. The number of aromatic amines is 1. The molecule has 16 nitrogen and oxygen atoms in total. The number of phosphoric acid groups is 3. The van der Waals surface area contributed by atoms with Gasteiger partial charge < -0.3 is 29.4 Å². The zero-order valence-corrected chi connectivity index (χ0v) is 17.4. The lowest BCUT2D eigenvalue weighted by Gasteiger charge is -2.28. The Kier molecular flexibility index (Phi) is 7.34. The Labute approximate surface area is 169 Å². The Bertz CT molecular complexity index is 1050. The molecule has 1 aliphatic rings. The topological polar surface area (TPSA) is 250 Å². The second-order valence-corrected chi connectivity index (χ2v) is 10.4. The first-order chi connectivity index (χ1) is 13.4. The van der Waals surface area contributed by atoms with E-state index in [1.54, 1.807) is 4.98 Å². The lowest BCUT2D eigenvalue weighted by Crippen LogP contribution is -2.42. The second-order valence-electron chi connectivity index (χ2n) is 5.51. The number of aromatic nitrogens is 2. The van der Waals surface area contributed by atoms with Crippen LogP contribution in [0.4, 0.5) is 4.39 Å². The van der Waals surface area contributed by atoms with E-state index < -0.39 is 64.9 Å². The molecule has 0 bridgehead atoms. The molecule has 0 amide bonds. The predicted molar refractivity (Wildman–Crippen MR) is 86.3 cm³/mol. The van der Waals surface area contributed by atoms with Crippen LogP contribution in [-0.2, 0) is 31.6 Å². The molecule has 3 unspecified atom stereocenters. The fourth-order valence-electron chi connectivity index (χ4n) is 2.18. The van der Waals surface area contributed by atoms with E-state index in [1.165, 1.54) is 0 Å². The Balaban J connectivity index is 2.13. The molecule has 7 atom stereocenters. The highest BCUT2D eigenvalue weighted by Crippen LogP contribution is 2.63. The number of ether oxygens (including phenoxy) is 1. The van der Waals surface area contributed by atoms with Crippen LogP contribution in [-0.4, -0.2) is 48.4 Å². The van der Waals surface area contributed by atoms with Crippen molar-refractivity contribution in [1.29, 1.82) is 0 Å². The van der Waals surface area contributed by atoms with Crippen molar-refractivity contribution in [3.63, 3.8) is 0 Å². The minimum Gasteiger partial charge on any atom is -0.756 e. The van der Waals surface area contributed by atoms with E-state index in [-0.39, 0.29) is 0 Å². The maximum absolute atomic E-state index is 14.7. The average Bonchev–Trinajstić information content (AvgIpc) is 2.73. The summed E-state index contributed by atoms with van der Waals surface area (Å²) < 4.78 is 63.9.